The van der Waals surface area contributed by atoms with Crippen LogP contribution >= 0.6 is 0 Å². The van der Waals surface area contributed by atoms with Gasteiger partial charge >= 0.3 is 5.97 Å². The van der Waals surface area contributed by atoms with E-state index in [0.29, 0.717) is 19.4 Å². The number of carbonyl (C=O) groups excluding carboxylic acids is 2. The molecule has 2 aromatic rings. The Labute approximate surface area is 162 Å². The van der Waals surface area contributed by atoms with Crippen molar-refractivity contribution < 1.29 is 18.9 Å². The molecule has 27 heavy (non-hydrogen) atoms. The van der Waals surface area contributed by atoms with Gasteiger partial charge in [-0.05, 0) is 57.6 Å². The van der Waals surface area contributed by atoms with Crippen molar-refractivity contribution in [3.63, 3.8) is 0 Å². The van der Waals surface area contributed by atoms with E-state index in [9.17, 15) is 9.59 Å². The highest BCUT2D eigenvalue weighted by atomic mass is 16.5. The molecule has 1 atom stereocenters. The Morgan fingerprint density at radius 1 is 1.15 bits per heavy atom. The number of para-hydroxylation sites is 2. The van der Waals surface area contributed by atoms with Gasteiger partial charge in [-0.1, -0.05) is 19.1 Å². The first-order valence-electron chi connectivity index (χ1n) is 10.1. The number of benzene rings is 1. The highest BCUT2D eigenvalue weighted by Gasteiger charge is 2.14. The molecule has 148 valence electrons. The van der Waals surface area contributed by atoms with E-state index in [2.05, 4.69) is 46.8 Å². The number of rotatable bonds is 12. The molecule has 0 N–H and O–H groups in total. The summed E-state index contributed by atoms with van der Waals surface area (Å²) in [5.74, 6) is -0.0282. The van der Waals surface area contributed by atoms with Gasteiger partial charge in [0.05, 0.1) is 20.2 Å². The molecule has 0 bridgehead atoms. The number of esters is 1. The fourth-order valence-corrected chi connectivity index (χ4v) is 3.50. The number of ketones is 1. The normalized spacial score (nSPS) is 12.3. The number of aromatic nitrogens is 2. The molecule has 1 heterocycles. The number of hydrogen-bond acceptors (Lipinski definition) is 3. The maximum Gasteiger partial charge on any atom is 0.305 e. The molecular weight excluding hydrogens is 340 g/mol. The van der Waals surface area contributed by atoms with Crippen LogP contribution in [0.25, 0.3) is 11.0 Å². The Bertz CT molecular complexity index is 751. The first-order valence-corrected chi connectivity index (χ1v) is 10.1. The smallest absolute Gasteiger partial charge is 0.305 e. The van der Waals surface area contributed by atoms with Crippen LogP contribution in [-0.4, -0.2) is 22.9 Å². The maximum atomic E-state index is 11.7. The van der Waals surface area contributed by atoms with E-state index >= 15 is 0 Å². The Kier molecular flexibility index (Phi) is 8.49. The lowest BCUT2D eigenvalue weighted by Crippen LogP contribution is -2.25. The van der Waals surface area contributed by atoms with E-state index < -0.39 is 0 Å². The largest absolute Gasteiger partial charge is 0.466 e. The third kappa shape index (κ3) is 6.49. The van der Waals surface area contributed by atoms with Gasteiger partial charge in [0.15, 0.2) is 11.0 Å². The number of Topliss-reactive ketones (excluding diaryl/α,β-unsaturated/α-hetero) is 1. The molecule has 0 unspecified atom stereocenters. The number of nitrogens with zero attached hydrogens (tertiary/aromatic N) is 2. The van der Waals surface area contributed by atoms with Gasteiger partial charge in [-0.3, -0.25) is 9.59 Å². The number of ether oxygens (including phenoxy) is 1. The van der Waals surface area contributed by atoms with Crippen LogP contribution in [0.4, 0.5) is 0 Å². The fraction of sp³-hybridized carbons (Fsp3) is 0.591. The third-order valence-electron chi connectivity index (χ3n) is 5.20. The summed E-state index contributed by atoms with van der Waals surface area (Å²) in [6.07, 6.45) is 8.08. The first kappa shape index (κ1) is 21.1. The third-order valence-corrected chi connectivity index (χ3v) is 5.20. The predicted molar refractivity (Wildman–Crippen MR) is 106 cm³/mol. The van der Waals surface area contributed by atoms with Crippen molar-refractivity contribution in [1.82, 2.24) is 4.57 Å². The van der Waals surface area contributed by atoms with Crippen molar-refractivity contribution in [3.05, 3.63) is 30.6 Å². The standard InChI is InChI=1S/C22H33N2O3/c1-4-19(18(2)25)13-14-22(26)27-16-10-6-5-9-15-24-17-23(3)20-11-7-8-12-21(20)24/h7-8,11-12,17,19H,4-6,9-10,13-16H2,1-3H3/q+1/t19-/m0/s1. The lowest BCUT2D eigenvalue weighted by atomic mass is 9.96. The molecule has 0 radical (unpaired) electrons. The second-order valence-corrected chi connectivity index (χ2v) is 7.30. The van der Waals surface area contributed by atoms with Crippen LogP contribution in [-0.2, 0) is 27.9 Å². The second kappa shape index (κ2) is 10.9. The minimum Gasteiger partial charge on any atom is -0.466 e. The van der Waals surface area contributed by atoms with Crippen molar-refractivity contribution in [1.29, 1.82) is 0 Å². The van der Waals surface area contributed by atoms with Crippen LogP contribution in [0, 0.1) is 5.92 Å². The molecule has 0 aliphatic heterocycles. The van der Waals surface area contributed by atoms with Crippen molar-refractivity contribution in [3.8, 4) is 0 Å². The minimum absolute atomic E-state index is 0.0101. The van der Waals surface area contributed by atoms with Crippen molar-refractivity contribution >= 4 is 22.8 Å². The minimum atomic E-state index is -0.180. The number of fused-ring (bicyclic) bond motifs is 1. The van der Waals surface area contributed by atoms with Crippen LogP contribution < -0.4 is 4.57 Å². The maximum absolute atomic E-state index is 11.7. The summed E-state index contributed by atoms with van der Waals surface area (Å²) in [4.78, 5) is 23.1. The van der Waals surface area contributed by atoms with Crippen LogP contribution in [0.1, 0.15) is 58.8 Å². The summed E-state index contributed by atoms with van der Waals surface area (Å²) >= 11 is 0. The average Bonchev–Trinajstić information content (AvgIpc) is 2.97. The van der Waals surface area contributed by atoms with Gasteiger partial charge in [-0.25, -0.2) is 9.13 Å². The molecule has 1 aromatic carbocycles. The highest BCUT2D eigenvalue weighted by Crippen LogP contribution is 2.14. The molecule has 5 nitrogen and oxygen atoms in total. The Balaban J connectivity index is 1.57. The molecule has 0 saturated heterocycles. The number of unbranched alkanes of at least 4 members (excludes halogenated alkanes) is 3. The van der Waals surface area contributed by atoms with Gasteiger partial charge in [-0.15, -0.1) is 0 Å². The van der Waals surface area contributed by atoms with Gasteiger partial charge in [0.25, 0.3) is 0 Å². The highest BCUT2D eigenvalue weighted by molar-refractivity contribution is 5.79. The lowest BCUT2D eigenvalue weighted by molar-refractivity contribution is -0.645. The summed E-state index contributed by atoms with van der Waals surface area (Å²) in [7, 11) is 2.08. The van der Waals surface area contributed by atoms with Crippen molar-refractivity contribution in [2.45, 2.75) is 65.3 Å². The topological polar surface area (TPSA) is 52.2 Å². The van der Waals surface area contributed by atoms with E-state index in [0.717, 1.165) is 38.6 Å². The van der Waals surface area contributed by atoms with E-state index in [1.165, 1.54) is 11.0 Å². The number of aryl methyl sites for hydroxylation is 2. The quantitative estimate of drug-likeness (QED) is 0.321. The Morgan fingerprint density at radius 2 is 1.89 bits per heavy atom. The zero-order valence-corrected chi connectivity index (χ0v) is 16.9. The zero-order valence-electron chi connectivity index (χ0n) is 16.9. The van der Waals surface area contributed by atoms with Gasteiger partial charge in [-0.2, -0.15) is 0 Å². The molecule has 0 fully saturated rings. The average molecular weight is 374 g/mol. The molecule has 0 saturated carbocycles. The Hall–Kier alpha value is -2.17. The monoisotopic (exact) mass is 373 g/mol. The van der Waals surface area contributed by atoms with Crippen molar-refractivity contribution in [2.75, 3.05) is 6.61 Å². The fourth-order valence-electron chi connectivity index (χ4n) is 3.50. The summed E-state index contributed by atoms with van der Waals surface area (Å²) < 4.78 is 9.74. The van der Waals surface area contributed by atoms with Gasteiger partial charge in [0.1, 0.15) is 5.78 Å². The second-order valence-electron chi connectivity index (χ2n) is 7.30. The summed E-state index contributed by atoms with van der Waals surface area (Å²) in [6.45, 7) is 5.06. The molecular formula is C22H33N2O3+. The molecule has 0 aliphatic carbocycles. The van der Waals surface area contributed by atoms with Gasteiger partial charge < -0.3 is 4.74 Å². The van der Waals surface area contributed by atoms with Gasteiger partial charge in [0, 0.05) is 12.3 Å². The number of hydrogen-bond donors (Lipinski definition) is 0. The zero-order chi connectivity index (χ0) is 19.6. The van der Waals surface area contributed by atoms with Crippen LogP contribution in [0.2, 0.25) is 0 Å². The summed E-state index contributed by atoms with van der Waals surface area (Å²) in [6, 6.07) is 8.44. The van der Waals surface area contributed by atoms with Crippen molar-refractivity contribution in [2.24, 2.45) is 13.0 Å². The molecule has 0 amide bonds. The van der Waals surface area contributed by atoms with E-state index in [1.54, 1.807) is 6.92 Å². The molecule has 5 heteroatoms. The molecule has 2 rings (SSSR count). The molecule has 1 aromatic heterocycles. The van der Waals surface area contributed by atoms with E-state index in [1.807, 2.05) is 6.92 Å². The SMILES string of the molecule is CC[C@@H](CCC(=O)OCCCCCCn1c[n+](C)c2ccccc21)C(C)=O. The van der Waals surface area contributed by atoms with E-state index in [-0.39, 0.29) is 17.7 Å². The van der Waals surface area contributed by atoms with Crippen LogP contribution in [0.3, 0.4) is 0 Å². The molecule has 0 aliphatic rings. The van der Waals surface area contributed by atoms with Gasteiger partial charge in [0.2, 0.25) is 6.33 Å². The molecule has 0 spiro atoms. The van der Waals surface area contributed by atoms with Crippen LogP contribution in [0.5, 0.6) is 0 Å². The Morgan fingerprint density at radius 3 is 2.63 bits per heavy atom. The predicted octanol–water partition coefficient (Wildman–Crippen LogP) is 3.96. The number of carbonyl (C=O) groups is 2. The lowest BCUT2D eigenvalue weighted by Gasteiger charge is -2.10. The first-order chi connectivity index (χ1) is 13.0. The van der Waals surface area contributed by atoms with E-state index in [4.69, 9.17) is 4.74 Å². The summed E-state index contributed by atoms with van der Waals surface area (Å²) in [5.41, 5.74) is 2.52. The summed E-state index contributed by atoms with van der Waals surface area (Å²) in [5, 5.41) is 0. The number of imidazole rings is 1. The van der Waals surface area contributed by atoms with Crippen LogP contribution in [0.15, 0.2) is 30.6 Å².